The Morgan fingerprint density at radius 2 is 1.50 bits per heavy atom. The fraction of sp³-hybridized carbons (Fsp3) is 0.429. The van der Waals surface area contributed by atoms with E-state index in [1.54, 1.807) is 0 Å². The van der Waals surface area contributed by atoms with E-state index < -0.39 is 8.32 Å². The second-order valence-corrected chi connectivity index (χ2v) is 13.1. The molecule has 0 N–H and O–H groups in total. The highest BCUT2D eigenvalue weighted by Crippen LogP contribution is 2.39. The largest absolute Gasteiger partial charge is 0.543 e. The second kappa shape index (κ2) is 6.05. The summed E-state index contributed by atoms with van der Waals surface area (Å²) in [6.07, 6.45) is 0. The molecule has 2 aromatic carbocycles. The molecule has 2 nitrogen and oxygen atoms in total. The molecule has 0 aliphatic carbocycles. The van der Waals surface area contributed by atoms with Crippen LogP contribution in [0.1, 0.15) is 37.5 Å². The van der Waals surface area contributed by atoms with Crippen LogP contribution < -0.4 is 4.43 Å². The molecule has 0 amide bonds. The van der Waals surface area contributed by atoms with E-state index in [4.69, 9.17) is 9.16 Å². The average Bonchev–Trinajstić information content (AvgIpc) is 2.63. The zero-order valence-electron chi connectivity index (χ0n) is 15.7. The van der Waals surface area contributed by atoms with Crippen LogP contribution in [0.25, 0.3) is 11.1 Å². The van der Waals surface area contributed by atoms with Gasteiger partial charge in [-0.25, -0.2) is 0 Å². The minimum Gasteiger partial charge on any atom is -0.543 e. The molecule has 0 atom stereocenters. The van der Waals surface area contributed by atoms with Crippen molar-refractivity contribution in [2.24, 2.45) is 0 Å². The second-order valence-electron chi connectivity index (χ2n) is 8.33. The molecule has 1 heterocycles. The van der Waals surface area contributed by atoms with Gasteiger partial charge in [-0.05, 0) is 59.4 Å². The summed E-state index contributed by atoms with van der Waals surface area (Å²) < 4.78 is 12.4. The highest BCUT2D eigenvalue weighted by atomic mass is 28.4. The quantitative estimate of drug-likeness (QED) is 0.617. The predicted molar refractivity (Wildman–Crippen MR) is 103 cm³/mol. The van der Waals surface area contributed by atoms with Gasteiger partial charge in [-0.15, -0.1) is 0 Å². The Kier molecular flexibility index (Phi) is 4.35. The number of rotatable bonds is 2. The predicted octanol–water partition coefficient (Wildman–Crippen LogP) is 6.08. The molecule has 3 rings (SSSR count). The topological polar surface area (TPSA) is 18.5 Å². The SMILES string of the molecule is Cc1ccc2c(c1)COCc1cc(O[Si](C)(C)C(C)(C)C)ccc1-2. The maximum absolute atomic E-state index is 6.46. The summed E-state index contributed by atoms with van der Waals surface area (Å²) in [4.78, 5) is 0. The minimum atomic E-state index is -1.82. The molecule has 1 aliphatic heterocycles. The van der Waals surface area contributed by atoms with Gasteiger partial charge in [-0.2, -0.15) is 0 Å². The Hall–Kier alpha value is -1.58. The van der Waals surface area contributed by atoms with Crippen LogP contribution >= 0.6 is 0 Å². The number of aryl methyl sites for hydroxylation is 1. The molecule has 0 fully saturated rings. The molecule has 0 bridgehead atoms. The summed E-state index contributed by atoms with van der Waals surface area (Å²) in [5, 5.41) is 0.195. The summed E-state index contributed by atoms with van der Waals surface area (Å²) in [6.45, 7) is 14.8. The van der Waals surface area contributed by atoms with Gasteiger partial charge in [-0.1, -0.05) is 50.6 Å². The Morgan fingerprint density at radius 1 is 0.917 bits per heavy atom. The fourth-order valence-corrected chi connectivity index (χ4v) is 3.86. The Balaban J connectivity index is 1.98. The number of fused-ring (bicyclic) bond motifs is 3. The van der Waals surface area contributed by atoms with Crippen molar-refractivity contribution in [1.29, 1.82) is 0 Å². The molecule has 0 unspecified atom stereocenters. The minimum absolute atomic E-state index is 0.195. The summed E-state index contributed by atoms with van der Waals surface area (Å²) in [7, 11) is -1.82. The van der Waals surface area contributed by atoms with Crippen molar-refractivity contribution in [3.63, 3.8) is 0 Å². The van der Waals surface area contributed by atoms with E-state index in [2.05, 4.69) is 77.2 Å². The van der Waals surface area contributed by atoms with Gasteiger partial charge in [0.05, 0.1) is 13.2 Å². The molecular formula is C21H28O2Si. The van der Waals surface area contributed by atoms with Crippen LogP contribution in [-0.4, -0.2) is 8.32 Å². The lowest BCUT2D eigenvalue weighted by Crippen LogP contribution is -2.43. The fourth-order valence-electron chi connectivity index (χ4n) is 2.84. The molecule has 2 aromatic rings. The van der Waals surface area contributed by atoms with E-state index in [1.165, 1.54) is 27.8 Å². The smallest absolute Gasteiger partial charge is 0.250 e. The first-order valence-corrected chi connectivity index (χ1v) is 11.6. The van der Waals surface area contributed by atoms with Crippen molar-refractivity contribution < 1.29 is 9.16 Å². The van der Waals surface area contributed by atoms with Crippen LogP contribution in [0, 0.1) is 6.92 Å². The monoisotopic (exact) mass is 340 g/mol. The normalized spacial score (nSPS) is 14.6. The molecule has 24 heavy (non-hydrogen) atoms. The first-order chi connectivity index (χ1) is 11.2. The number of benzene rings is 2. The van der Waals surface area contributed by atoms with Gasteiger partial charge in [0.25, 0.3) is 0 Å². The van der Waals surface area contributed by atoms with Gasteiger partial charge in [0.2, 0.25) is 8.32 Å². The van der Waals surface area contributed by atoms with Gasteiger partial charge >= 0.3 is 0 Å². The Morgan fingerprint density at radius 3 is 2.12 bits per heavy atom. The third-order valence-electron chi connectivity index (χ3n) is 5.32. The van der Waals surface area contributed by atoms with Crippen LogP contribution in [0.15, 0.2) is 36.4 Å². The third-order valence-corrected chi connectivity index (χ3v) is 9.68. The maximum atomic E-state index is 6.46. The summed E-state index contributed by atoms with van der Waals surface area (Å²) in [6, 6.07) is 13.1. The lowest BCUT2D eigenvalue weighted by molar-refractivity contribution is 0.109. The molecule has 0 aromatic heterocycles. The Bertz CT molecular complexity index is 757. The van der Waals surface area contributed by atoms with E-state index in [-0.39, 0.29) is 5.04 Å². The molecule has 0 radical (unpaired) electrons. The van der Waals surface area contributed by atoms with Crippen molar-refractivity contribution in [3.05, 3.63) is 53.1 Å². The van der Waals surface area contributed by atoms with Gasteiger partial charge in [-0.3, -0.25) is 0 Å². The van der Waals surface area contributed by atoms with E-state index in [0.29, 0.717) is 13.2 Å². The van der Waals surface area contributed by atoms with E-state index in [9.17, 15) is 0 Å². The maximum Gasteiger partial charge on any atom is 0.250 e. The molecule has 3 heteroatoms. The van der Waals surface area contributed by atoms with Gasteiger partial charge in [0.15, 0.2) is 0 Å². The van der Waals surface area contributed by atoms with Crippen LogP contribution in [0.4, 0.5) is 0 Å². The zero-order chi connectivity index (χ0) is 17.5. The summed E-state index contributed by atoms with van der Waals surface area (Å²) in [5.74, 6) is 0.972. The van der Waals surface area contributed by atoms with Gasteiger partial charge < -0.3 is 9.16 Å². The first-order valence-electron chi connectivity index (χ1n) is 8.67. The van der Waals surface area contributed by atoms with Crippen LogP contribution in [0.2, 0.25) is 18.1 Å². The lowest BCUT2D eigenvalue weighted by Gasteiger charge is -2.36. The van der Waals surface area contributed by atoms with E-state index >= 15 is 0 Å². The average molecular weight is 341 g/mol. The molecule has 0 saturated heterocycles. The van der Waals surface area contributed by atoms with Crippen LogP contribution in [-0.2, 0) is 18.0 Å². The lowest BCUT2D eigenvalue weighted by atomic mass is 9.95. The van der Waals surface area contributed by atoms with Crippen molar-refractivity contribution in [1.82, 2.24) is 0 Å². The molecular weight excluding hydrogens is 312 g/mol. The summed E-state index contributed by atoms with van der Waals surface area (Å²) >= 11 is 0. The standard InChI is InChI=1S/C21H28O2Si/c1-15-7-9-19-16(11-15)13-22-14-17-12-18(8-10-20(17)19)23-24(5,6)21(2,3)4/h7-12H,13-14H2,1-6H3. The molecule has 0 saturated carbocycles. The highest BCUT2D eigenvalue weighted by Gasteiger charge is 2.39. The van der Waals surface area contributed by atoms with Crippen LogP contribution in [0.5, 0.6) is 5.75 Å². The highest BCUT2D eigenvalue weighted by molar-refractivity contribution is 6.74. The summed E-state index contributed by atoms with van der Waals surface area (Å²) in [5.41, 5.74) is 6.32. The van der Waals surface area contributed by atoms with Crippen molar-refractivity contribution >= 4 is 8.32 Å². The Labute approximate surface area is 146 Å². The zero-order valence-corrected chi connectivity index (χ0v) is 16.7. The van der Waals surface area contributed by atoms with Crippen molar-refractivity contribution in [2.45, 2.75) is 59.0 Å². The number of hydrogen-bond acceptors (Lipinski definition) is 2. The third kappa shape index (κ3) is 3.28. The molecule has 0 spiro atoms. The van der Waals surface area contributed by atoms with Crippen LogP contribution in [0.3, 0.4) is 0 Å². The van der Waals surface area contributed by atoms with Gasteiger partial charge in [0, 0.05) is 0 Å². The van der Waals surface area contributed by atoms with Crippen molar-refractivity contribution in [2.75, 3.05) is 0 Å². The molecule has 128 valence electrons. The first kappa shape index (κ1) is 17.2. The van der Waals surface area contributed by atoms with Gasteiger partial charge in [0.1, 0.15) is 5.75 Å². The van der Waals surface area contributed by atoms with Crippen molar-refractivity contribution in [3.8, 4) is 16.9 Å². The molecule has 1 aliphatic rings. The van der Waals surface area contributed by atoms with E-state index in [0.717, 1.165) is 5.75 Å². The number of hydrogen-bond donors (Lipinski definition) is 0. The number of ether oxygens (including phenoxy) is 1. The van der Waals surface area contributed by atoms with E-state index in [1.807, 2.05) is 0 Å².